The first-order chi connectivity index (χ1) is 12.6. The maximum Gasteiger partial charge on any atom is 0.161 e. The van der Waals surface area contributed by atoms with E-state index in [2.05, 4.69) is 10.6 Å². The fourth-order valence-corrected chi connectivity index (χ4v) is 2.62. The van der Waals surface area contributed by atoms with Crippen LogP contribution in [-0.2, 0) is 13.2 Å². The molecule has 0 aliphatic carbocycles. The van der Waals surface area contributed by atoms with Gasteiger partial charge in [0.1, 0.15) is 6.61 Å². The lowest BCUT2D eigenvalue weighted by Gasteiger charge is -2.13. The third-order valence-corrected chi connectivity index (χ3v) is 4.19. The molecule has 0 unspecified atom stereocenters. The minimum Gasteiger partial charge on any atom is -0.493 e. The molecule has 0 spiro atoms. The number of halogens is 1. The van der Waals surface area contributed by atoms with E-state index >= 15 is 0 Å². The summed E-state index contributed by atoms with van der Waals surface area (Å²) in [5, 5.41) is 16.4. The molecule has 0 saturated carbocycles. The third-order valence-electron chi connectivity index (χ3n) is 3.82. The fraction of sp³-hybridized carbons (Fsp3) is 0.400. The highest BCUT2D eigenvalue weighted by Crippen LogP contribution is 2.29. The molecule has 3 N–H and O–H groups in total. The van der Waals surface area contributed by atoms with E-state index in [1.165, 1.54) is 0 Å². The van der Waals surface area contributed by atoms with E-state index in [1.54, 1.807) is 14.0 Å². The van der Waals surface area contributed by atoms with Crippen LogP contribution in [0.4, 0.5) is 0 Å². The van der Waals surface area contributed by atoms with E-state index in [1.807, 2.05) is 42.5 Å². The molecule has 0 aromatic heterocycles. The zero-order chi connectivity index (χ0) is 18.8. The van der Waals surface area contributed by atoms with Crippen molar-refractivity contribution in [3.63, 3.8) is 0 Å². The predicted molar refractivity (Wildman–Crippen MR) is 105 cm³/mol. The summed E-state index contributed by atoms with van der Waals surface area (Å²) in [4.78, 5) is 0. The molecule has 142 valence electrons. The largest absolute Gasteiger partial charge is 0.493 e. The Morgan fingerprint density at radius 3 is 2.58 bits per heavy atom. The van der Waals surface area contributed by atoms with Gasteiger partial charge in [-0.05, 0) is 30.7 Å². The number of rotatable bonds is 11. The van der Waals surface area contributed by atoms with E-state index in [0.717, 1.165) is 30.8 Å². The summed E-state index contributed by atoms with van der Waals surface area (Å²) in [6.45, 7) is 5.12. The zero-order valence-corrected chi connectivity index (χ0v) is 16.1. The predicted octanol–water partition coefficient (Wildman–Crippen LogP) is 2.99. The molecule has 0 fully saturated rings. The minimum absolute atomic E-state index is 0.322. The van der Waals surface area contributed by atoms with Gasteiger partial charge in [0.15, 0.2) is 11.5 Å². The second-order valence-electron chi connectivity index (χ2n) is 6.10. The normalized spacial score (nSPS) is 12.0. The molecule has 2 rings (SSSR count). The Morgan fingerprint density at radius 2 is 1.85 bits per heavy atom. The lowest BCUT2D eigenvalue weighted by Crippen LogP contribution is -2.31. The van der Waals surface area contributed by atoms with Crippen molar-refractivity contribution < 1.29 is 14.6 Å². The minimum atomic E-state index is -0.322. The van der Waals surface area contributed by atoms with Crippen molar-refractivity contribution in [1.29, 1.82) is 0 Å². The van der Waals surface area contributed by atoms with E-state index in [4.69, 9.17) is 21.1 Å². The van der Waals surface area contributed by atoms with Gasteiger partial charge in [-0.25, -0.2) is 0 Å². The molecule has 1 atom stereocenters. The van der Waals surface area contributed by atoms with Crippen molar-refractivity contribution in [2.45, 2.75) is 26.2 Å². The van der Waals surface area contributed by atoms with Crippen LogP contribution in [0, 0.1) is 0 Å². The Hall–Kier alpha value is -1.79. The number of aliphatic hydroxyl groups is 1. The van der Waals surface area contributed by atoms with Crippen LogP contribution in [0.1, 0.15) is 18.1 Å². The summed E-state index contributed by atoms with van der Waals surface area (Å²) in [5.74, 6) is 1.39. The maximum atomic E-state index is 9.19. The summed E-state index contributed by atoms with van der Waals surface area (Å²) in [7, 11) is 1.63. The maximum absolute atomic E-state index is 9.19. The molecular formula is C20H27ClN2O3. The molecule has 0 aliphatic heterocycles. The van der Waals surface area contributed by atoms with Crippen LogP contribution in [0.15, 0.2) is 42.5 Å². The van der Waals surface area contributed by atoms with Gasteiger partial charge in [-0.1, -0.05) is 35.9 Å². The lowest BCUT2D eigenvalue weighted by atomic mass is 10.2. The fourth-order valence-electron chi connectivity index (χ4n) is 2.43. The standard InChI is InChI=1S/C20H27ClN2O3/c1-15(24)12-22-9-10-23-13-16-7-8-19(20(11-16)25-2)26-14-17-5-3-4-6-18(17)21/h3-8,11,15,22-24H,9-10,12-14H2,1-2H3/t15-/m1/s1. The molecule has 6 heteroatoms. The van der Waals surface area contributed by atoms with Crippen LogP contribution >= 0.6 is 11.6 Å². The van der Waals surface area contributed by atoms with Gasteiger partial charge in [0.25, 0.3) is 0 Å². The zero-order valence-electron chi connectivity index (χ0n) is 15.3. The molecule has 5 nitrogen and oxygen atoms in total. The van der Waals surface area contributed by atoms with Gasteiger partial charge in [0.2, 0.25) is 0 Å². The number of methoxy groups -OCH3 is 1. The SMILES string of the molecule is COc1cc(CNCCNC[C@@H](C)O)ccc1OCc1ccccc1Cl. The van der Waals surface area contributed by atoms with E-state index in [-0.39, 0.29) is 6.10 Å². The second kappa shape index (κ2) is 11.0. The Kier molecular flexibility index (Phi) is 8.71. The summed E-state index contributed by atoms with van der Waals surface area (Å²) >= 11 is 6.16. The van der Waals surface area contributed by atoms with Gasteiger partial charge >= 0.3 is 0 Å². The molecule has 2 aromatic rings. The molecule has 0 bridgehead atoms. The van der Waals surface area contributed by atoms with Gasteiger partial charge in [-0.2, -0.15) is 0 Å². The van der Waals surface area contributed by atoms with E-state index in [0.29, 0.717) is 29.7 Å². The van der Waals surface area contributed by atoms with Crippen molar-refractivity contribution >= 4 is 11.6 Å². The number of nitrogens with one attached hydrogen (secondary N) is 2. The molecule has 0 aliphatic rings. The first-order valence-corrected chi connectivity index (χ1v) is 9.10. The van der Waals surface area contributed by atoms with Gasteiger partial charge < -0.3 is 25.2 Å². The average molecular weight is 379 g/mol. The lowest BCUT2D eigenvalue weighted by molar-refractivity contribution is 0.191. The van der Waals surface area contributed by atoms with Gasteiger partial charge in [-0.15, -0.1) is 0 Å². The Bertz CT molecular complexity index is 680. The number of hydrogen-bond acceptors (Lipinski definition) is 5. The van der Waals surface area contributed by atoms with E-state index in [9.17, 15) is 5.11 Å². The number of hydrogen-bond donors (Lipinski definition) is 3. The highest BCUT2D eigenvalue weighted by atomic mass is 35.5. The average Bonchev–Trinajstić information content (AvgIpc) is 2.64. The van der Waals surface area contributed by atoms with Crippen molar-refractivity contribution in [3.05, 3.63) is 58.6 Å². The topological polar surface area (TPSA) is 62.8 Å². The second-order valence-corrected chi connectivity index (χ2v) is 6.50. The highest BCUT2D eigenvalue weighted by molar-refractivity contribution is 6.31. The molecule has 0 saturated heterocycles. The summed E-state index contributed by atoms with van der Waals surface area (Å²) < 4.78 is 11.3. The highest BCUT2D eigenvalue weighted by Gasteiger charge is 2.07. The van der Waals surface area contributed by atoms with Crippen LogP contribution < -0.4 is 20.1 Å². The summed E-state index contributed by atoms with van der Waals surface area (Å²) in [5.41, 5.74) is 2.05. The van der Waals surface area contributed by atoms with Crippen LogP contribution in [0.3, 0.4) is 0 Å². The number of aliphatic hydroxyl groups excluding tert-OH is 1. The Morgan fingerprint density at radius 1 is 1.08 bits per heavy atom. The smallest absolute Gasteiger partial charge is 0.161 e. The number of benzene rings is 2. The van der Waals surface area contributed by atoms with Crippen molar-refractivity contribution in [3.8, 4) is 11.5 Å². The first kappa shape index (κ1) is 20.5. The molecule has 0 radical (unpaired) electrons. The third kappa shape index (κ3) is 6.84. The molecule has 2 aromatic carbocycles. The summed E-state index contributed by atoms with van der Waals surface area (Å²) in [6, 6.07) is 13.5. The van der Waals surface area contributed by atoms with Crippen molar-refractivity contribution in [2.24, 2.45) is 0 Å². The molecule has 0 heterocycles. The van der Waals surface area contributed by atoms with Gasteiger partial charge in [0, 0.05) is 36.8 Å². The monoisotopic (exact) mass is 378 g/mol. The Balaban J connectivity index is 1.83. The van der Waals surface area contributed by atoms with Crippen LogP contribution in [0.2, 0.25) is 5.02 Å². The molecule has 0 amide bonds. The molecule has 26 heavy (non-hydrogen) atoms. The van der Waals surface area contributed by atoms with Crippen LogP contribution in [-0.4, -0.2) is 38.0 Å². The first-order valence-electron chi connectivity index (χ1n) is 8.72. The van der Waals surface area contributed by atoms with Gasteiger partial charge in [0.05, 0.1) is 13.2 Å². The quantitative estimate of drug-likeness (QED) is 0.525. The van der Waals surface area contributed by atoms with Gasteiger partial charge in [-0.3, -0.25) is 0 Å². The summed E-state index contributed by atoms with van der Waals surface area (Å²) in [6.07, 6.45) is -0.322. The van der Waals surface area contributed by atoms with Crippen molar-refractivity contribution in [1.82, 2.24) is 10.6 Å². The number of ether oxygens (including phenoxy) is 2. The Labute approximate surface area is 160 Å². The van der Waals surface area contributed by atoms with Crippen LogP contribution in [0.5, 0.6) is 11.5 Å². The van der Waals surface area contributed by atoms with Crippen LogP contribution in [0.25, 0.3) is 0 Å². The van der Waals surface area contributed by atoms with E-state index < -0.39 is 0 Å². The molecular weight excluding hydrogens is 352 g/mol. The van der Waals surface area contributed by atoms with Crippen molar-refractivity contribution in [2.75, 3.05) is 26.7 Å².